The summed E-state index contributed by atoms with van der Waals surface area (Å²) >= 11 is 0. The first kappa shape index (κ1) is 21.9. The number of ether oxygens (including phenoxy) is 4. The van der Waals surface area contributed by atoms with E-state index in [1.54, 1.807) is 32.9 Å². The second-order valence-electron chi connectivity index (χ2n) is 8.60. The van der Waals surface area contributed by atoms with Crippen LogP contribution in [0.1, 0.15) is 45.6 Å². The first-order valence-electron chi connectivity index (χ1n) is 10.7. The van der Waals surface area contributed by atoms with Crippen molar-refractivity contribution in [1.29, 1.82) is 0 Å². The van der Waals surface area contributed by atoms with E-state index in [0.717, 1.165) is 0 Å². The highest BCUT2D eigenvalue weighted by Gasteiger charge is 2.47. The summed E-state index contributed by atoms with van der Waals surface area (Å²) in [5, 5.41) is 3.24. The molecule has 0 aromatic heterocycles. The van der Waals surface area contributed by atoms with E-state index in [0.29, 0.717) is 46.0 Å². The monoisotopic (exact) mass is 441 g/mol. The zero-order valence-corrected chi connectivity index (χ0v) is 18.8. The van der Waals surface area contributed by atoms with Crippen LogP contribution in [0.4, 0.5) is 0 Å². The fourth-order valence-electron chi connectivity index (χ4n) is 4.65. The molecule has 0 spiro atoms. The van der Waals surface area contributed by atoms with Gasteiger partial charge in [0.25, 0.3) is 0 Å². The van der Waals surface area contributed by atoms with Crippen molar-refractivity contribution >= 4 is 17.7 Å². The van der Waals surface area contributed by atoms with Crippen molar-refractivity contribution in [3.8, 4) is 11.5 Å². The zero-order chi connectivity index (χ0) is 23.2. The van der Waals surface area contributed by atoms with Crippen molar-refractivity contribution in [1.82, 2.24) is 5.32 Å². The Morgan fingerprint density at radius 3 is 2.59 bits per heavy atom. The molecule has 3 aliphatic rings. The van der Waals surface area contributed by atoms with Gasteiger partial charge >= 0.3 is 11.9 Å². The highest BCUT2D eigenvalue weighted by molar-refractivity contribution is 6.12. The molecule has 1 aliphatic carbocycles. The number of hydrogen-bond donors (Lipinski definition) is 1. The summed E-state index contributed by atoms with van der Waals surface area (Å²) in [4.78, 5) is 39.3. The first-order valence-corrected chi connectivity index (χ1v) is 10.7. The van der Waals surface area contributed by atoms with Crippen LogP contribution >= 0.6 is 0 Å². The van der Waals surface area contributed by atoms with Gasteiger partial charge < -0.3 is 24.3 Å². The third-order valence-corrected chi connectivity index (χ3v) is 6.04. The number of hydrogen-bond acceptors (Lipinski definition) is 8. The van der Waals surface area contributed by atoms with Crippen molar-refractivity contribution in [3.05, 3.63) is 46.3 Å². The number of methoxy groups -OCH3 is 1. The van der Waals surface area contributed by atoms with E-state index in [1.807, 2.05) is 13.0 Å². The third kappa shape index (κ3) is 3.63. The van der Waals surface area contributed by atoms with Crippen LogP contribution in [-0.2, 0) is 23.9 Å². The number of ketones is 1. The van der Waals surface area contributed by atoms with Crippen LogP contribution in [0.25, 0.3) is 0 Å². The molecule has 0 saturated heterocycles. The lowest BCUT2D eigenvalue weighted by atomic mass is 9.69. The van der Waals surface area contributed by atoms with Crippen molar-refractivity contribution in [2.45, 2.75) is 46.1 Å². The number of dihydropyridines is 1. The Bertz CT molecular complexity index is 1050. The molecule has 0 saturated carbocycles. The van der Waals surface area contributed by atoms with E-state index >= 15 is 0 Å². The Labute approximate surface area is 186 Å². The standard InChI is InChI=1S/C24H27NO7/c1-11(2)32-24(28)19-13(4)25-15-8-12(3)18(23(27)29-5)22(26)21(15)20(19)14-6-7-16-17(9-14)31-10-30-16/h6-7,9,11-12,18,20,25H,8,10H2,1-5H3/t12-,18-,20-/m1/s1. The van der Waals surface area contributed by atoms with Crippen LogP contribution in [0.5, 0.6) is 11.5 Å². The average Bonchev–Trinajstić information content (AvgIpc) is 3.19. The Morgan fingerprint density at radius 2 is 1.91 bits per heavy atom. The van der Waals surface area contributed by atoms with E-state index in [2.05, 4.69) is 5.32 Å². The maximum atomic E-state index is 13.7. The summed E-state index contributed by atoms with van der Waals surface area (Å²) in [6.45, 7) is 7.29. The molecule has 0 bridgehead atoms. The van der Waals surface area contributed by atoms with E-state index in [9.17, 15) is 14.4 Å². The predicted molar refractivity (Wildman–Crippen MR) is 114 cm³/mol. The number of allylic oxidation sites excluding steroid dienone is 3. The fourth-order valence-corrected chi connectivity index (χ4v) is 4.65. The number of benzene rings is 1. The topological polar surface area (TPSA) is 100 Å². The summed E-state index contributed by atoms with van der Waals surface area (Å²) in [5.74, 6) is -2.18. The zero-order valence-electron chi connectivity index (χ0n) is 18.8. The van der Waals surface area contributed by atoms with Crippen LogP contribution in [0.2, 0.25) is 0 Å². The molecular weight excluding hydrogens is 414 g/mol. The van der Waals surface area contributed by atoms with Gasteiger partial charge in [-0.1, -0.05) is 13.0 Å². The largest absolute Gasteiger partial charge is 0.468 e. The number of nitrogens with one attached hydrogen (secondary N) is 1. The Balaban J connectivity index is 1.87. The van der Waals surface area contributed by atoms with Crippen molar-refractivity contribution in [2.75, 3.05) is 13.9 Å². The van der Waals surface area contributed by atoms with Crippen LogP contribution in [0.3, 0.4) is 0 Å². The Morgan fingerprint density at radius 1 is 1.19 bits per heavy atom. The summed E-state index contributed by atoms with van der Waals surface area (Å²) < 4.78 is 21.4. The van der Waals surface area contributed by atoms with E-state index in [4.69, 9.17) is 18.9 Å². The number of carbonyl (C=O) groups is 3. The summed E-state index contributed by atoms with van der Waals surface area (Å²) in [6, 6.07) is 5.34. The minimum atomic E-state index is -0.933. The first-order chi connectivity index (χ1) is 15.2. The maximum Gasteiger partial charge on any atom is 0.337 e. The van der Waals surface area contributed by atoms with Gasteiger partial charge in [-0.05, 0) is 50.8 Å². The van der Waals surface area contributed by atoms with E-state index < -0.39 is 23.8 Å². The molecule has 1 aromatic rings. The fraction of sp³-hybridized carbons (Fsp3) is 0.458. The molecular formula is C24H27NO7. The van der Waals surface area contributed by atoms with Gasteiger partial charge in [0.1, 0.15) is 5.92 Å². The van der Waals surface area contributed by atoms with Crippen LogP contribution < -0.4 is 14.8 Å². The highest BCUT2D eigenvalue weighted by atomic mass is 16.7. The number of fused-ring (bicyclic) bond motifs is 1. The Hall–Kier alpha value is -3.29. The van der Waals surface area contributed by atoms with Crippen molar-refractivity contribution in [2.24, 2.45) is 11.8 Å². The van der Waals surface area contributed by atoms with Gasteiger partial charge in [0.05, 0.1) is 18.8 Å². The number of carbonyl (C=O) groups excluding carboxylic acids is 3. The minimum absolute atomic E-state index is 0.108. The van der Waals surface area contributed by atoms with Crippen molar-refractivity contribution < 1.29 is 33.3 Å². The molecule has 0 amide bonds. The second kappa shape index (κ2) is 8.33. The maximum absolute atomic E-state index is 13.7. The Kier molecular flexibility index (Phi) is 5.71. The van der Waals surface area contributed by atoms with Crippen LogP contribution in [0, 0.1) is 11.8 Å². The summed E-state index contributed by atoms with van der Waals surface area (Å²) in [7, 11) is 1.27. The molecule has 32 heavy (non-hydrogen) atoms. The summed E-state index contributed by atoms with van der Waals surface area (Å²) in [5.41, 5.74) is 2.74. The molecule has 4 rings (SSSR count). The molecule has 1 aromatic carbocycles. The van der Waals surface area contributed by atoms with Gasteiger partial charge in [-0.3, -0.25) is 9.59 Å². The van der Waals surface area contributed by atoms with Gasteiger partial charge in [-0.2, -0.15) is 0 Å². The van der Waals surface area contributed by atoms with Crippen LogP contribution in [-0.4, -0.2) is 37.7 Å². The quantitative estimate of drug-likeness (QED) is 0.562. The second-order valence-corrected chi connectivity index (χ2v) is 8.60. The molecule has 0 fully saturated rings. The van der Waals surface area contributed by atoms with E-state index in [-0.39, 0.29) is 24.6 Å². The third-order valence-electron chi connectivity index (χ3n) is 6.04. The predicted octanol–water partition coefficient (Wildman–Crippen LogP) is 2.98. The summed E-state index contributed by atoms with van der Waals surface area (Å²) in [6.07, 6.45) is 0.145. The average molecular weight is 441 g/mol. The van der Waals surface area contributed by atoms with Gasteiger partial charge in [0, 0.05) is 22.9 Å². The number of Topliss-reactive ketones (excluding diaryl/α,β-unsaturated/α-hetero) is 1. The number of esters is 2. The molecule has 0 radical (unpaired) electrons. The molecule has 170 valence electrons. The molecule has 8 heteroatoms. The molecule has 2 aliphatic heterocycles. The van der Waals surface area contributed by atoms with Gasteiger partial charge in [0.2, 0.25) is 6.79 Å². The molecule has 1 N–H and O–H groups in total. The highest BCUT2D eigenvalue weighted by Crippen LogP contribution is 2.47. The molecule has 8 nitrogen and oxygen atoms in total. The lowest BCUT2D eigenvalue weighted by Crippen LogP contribution is -2.43. The van der Waals surface area contributed by atoms with Gasteiger partial charge in [0.15, 0.2) is 17.3 Å². The van der Waals surface area contributed by atoms with Crippen LogP contribution in [0.15, 0.2) is 40.7 Å². The minimum Gasteiger partial charge on any atom is -0.468 e. The molecule has 0 unspecified atom stereocenters. The SMILES string of the molecule is COC(=O)[C@H]1C(=O)C2=C(C[C@H]1C)NC(C)=C(C(=O)OC(C)C)[C@H]2c1ccc2c(c1)OCO2. The van der Waals surface area contributed by atoms with Gasteiger partial charge in [-0.15, -0.1) is 0 Å². The molecule has 2 heterocycles. The molecule has 3 atom stereocenters. The smallest absolute Gasteiger partial charge is 0.337 e. The lowest BCUT2D eigenvalue weighted by molar-refractivity contribution is -0.151. The number of rotatable bonds is 4. The van der Waals surface area contributed by atoms with Gasteiger partial charge in [-0.25, -0.2) is 4.79 Å². The van der Waals surface area contributed by atoms with E-state index in [1.165, 1.54) is 7.11 Å². The lowest BCUT2D eigenvalue weighted by Gasteiger charge is -2.38. The normalized spacial score (nSPS) is 24.3. The van der Waals surface area contributed by atoms with Crippen molar-refractivity contribution in [3.63, 3.8) is 0 Å².